The Balaban J connectivity index is 0. The van der Waals surface area contributed by atoms with E-state index in [1.54, 1.807) is 6.07 Å². The Labute approximate surface area is 94.7 Å². The molecule has 0 spiro atoms. The molecule has 1 atom stereocenters. The van der Waals surface area contributed by atoms with Gasteiger partial charge in [-0.1, -0.05) is 0 Å². The summed E-state index contributed by atoms with van der Waals surface area (Å²) in [6.07, 6.45) is 1.06. The topological polar surface area (TPSA) is 110 Å². The van der Waals surface area contributed by atoms with Gasteiger partial charge in [-0.25, -0.2) is 8.42 Å². The van der Waals surface area contributed by atoms with Crippen LogP contribution in [0.2, 0.25) is 0 Å². The van der Waals surface area contributed by atoms with Crippen LogP contribution in [0.1, 0.15) is 6.42 Å². The maximum Gasteiger partial charge on any atom is 0.323 e. The molecular weight excluding hydrogens is 244 g/mol. The van der Waals surface area contributed by atoms with Gasteiger partial charge in [0.15, 0.2) is 6.61 Å². The molecule has 0 bridgehead atoms. The van der Waals surface area contributed by atoms with Gasteiger partial charge in [-0.3, -0.25) is 4.79 Å². The zero-order valence-corrected chi connectivity index (χ0v) is 9.81. The van der Waals surface area contributed by atoms with E-state index in [1.807, 2.05) is 0 Å². The van der Waals surface area contributed by atoms with Gasteiger partial charge in [-0.2, -0.15) is 5.26 Å². The molecule has 88 valence electrons. The summed E-state index contributed by atoms with van der Waals surface area (Å²) in [5, 5.41) is 8.09. The standard InChI is InChI=1S/C7H12N2O4S.ClH/c1-14(11,12)5-2-6(9)7(10)13-4-3-8;/h6H,2,4-5,9H2,1H3;1H. The van der Waals surface area contributed by atoms with E-state index in [9.17, 15) is 13.2 Å². The zero-order chi connectivity index (χ0) is 11.2. The minimum Gasteiger partial charge on any atom is -0.449 e. The minimum atomic E-state index is -3.13. The summed E-state index contributed by atoms with van der Waals surface area (Å²) in [5.41, 5.74) is 5.32. The quantitative estimate of drug-likeness (QED) is 0.647. The molecule has 0 aromatic heterocycles. The molecule has 0 saturated heterocycles. The molecular formula is C7H13ClN2O4S. The van der Waals surface area contributed by atoms with E-state index in [-0.39, 0.29) is 31.2 Å². The van der Waals surface area contributed by atoms with Gasteiger partial charge >= 0.3 is 5.97 Å². The molecule has 0 aliphatic rings. The minimum absolute atomic E-state index is 0. The van der Waals surface area contributed by atoms with Crippen molar-refractivity contribution in [1.82, 2.24) is 0 Å². The number of nitrogens with zero attached hydrogens (tertiary/aromatic N) is 1. The van der Waals surface area contributed by atoms with Crippen LogP contribution in [0.4, 0.5) is 0 Å². The van der Waals surface area contributed by atoms with E-state index in [1.165, 1.54) is 0 Å². The Morgan fingerprint density at radius 1 is 1.60 bits per heavy atom. The third-order valence-electron chi connectivity index (χ3n) is 1.38. The van der Waals surface area contributed by atoms with Crippen molar-refractivity contribution in [2.45, 2.75) is 12.5 Å². The van der Waals surface area contributed by atoms with E-state index in [0.29, 0.717) is 0 Å². The first-order chi connectivity index (χ1) is 6.37. The van der Waals surface area contributed by atoms with Crippen LogP contribution in [0.25, 0.3) is 0 Å². The lowest BCUT2D eigenvalue weighted by atomic mass is 10.2. The first kappa shape index (κ1) is 16.6. The molecule has 8 heteroatoms. The largest absolute Gasteiger partial charge is 0.449 e. The zero-order valence-electron chi connectivity index (χ0n) is 8.17. The summed E-state index contributed by atoms with van der Waals surface area (Å²) < 4.78 is 25.8. The van der Waals surface area contributed by atoms with Gasteiger partial charge in [0, 0.05) is 6.26 Å². The second-order valence-electron chi connectivity index (χ2n) is 2.79. The van der Waals surface area contributed by atoms with Gasteiger partial charge in [0.25, 0.3) is 0 Å². The van der Waals surface area contributed by atoms with E-state index < -0.39 is 21.8 Å². The van der Waals surface area contributed by atoms with E-state index in [2.05, 4.69) is 4.74 Å². The lowest BCUT2D eigenvalue weighted by molar-refractivity contribution is -0.143. The first-order valence-electron chi connectivity index (χ1n) is 3.83. The summed E-state index contributed by atoms with van der Waals surface area (Å²) in [5.74, 6) is -0.925. The lowest BCUT2D eigenvalue weighted by Gasteiger charge is -2.08. The fraction of sp³-hybridized carbons (Fsp3) is 0.714. The Morgan fingerprint density at radius 2 is 2.13 bits per heavy atom. The van der Waals surface area contributed by atoms with Crippen LogP contribution in [-0.2, 0) is 19.4 Å². The van der Waals surface area contributed by atoms with Gasteiger partial charge in [0.1, 0.15) is 21.9 Å². The van der Waals surface area contributed by atoms with Crippen molar-refractivity contribution in [3.63, 3.8) is 0 Å². The van der Waals surface area contributed by atoms with Crippen LogP contribution in [0.3, 0.4) is 0 Å². The van der Waals surface area contributed by atoms with Crippen LogP contribution in [-0.4, -0.2) is 39.0 Å². The van der Waals surface area contributed by atoms with Crippen molar-refractivity contribution in [2.24, 2.45) is 5.73 Å². The van der Waals surface area contributed by atoms with Gasteiger partial charge in [0.05, 0.1) is 5.75 Å². The van der Waals surface area contributed by atoms with Crippen molar-refractivity contribution in [1.29, 1.82) is 5.26 Å². The number of halogens is 1. The maximum atomic E-state index is 10.9. The molecule has 0 radical (unpaired) electrons. The molecule has 0 amide bonds. The van der Waals surface area contributed by atoms with Crippen LogP contribution in [0.15, 0.2) is 0 Å². The predicted molar refractivity (Wildman–Crippen MR) is 56.1 cm³/mol. The molecule has 0 aromatic rings. The van der Waals surface area contributed by atoms with Crippen molar-refractivity contribution in [3.8, 4) is 6.07 Å². The first-order valence-corrected chi connectivity index (χ1v) is 5.90. The number of rotatable bonds is 5. The third kappa shape index (κ3) is 9.46. The summed E-state index contributed by atoms with van der Waals surface area (Å²) in [6.45, 7) is -0.370. The number of carbonyl (C=O) groups excluding carboxylic acids is 1. The highest BCUT2D eigenvalue weighted by atomic mass is 35.5. The van der Waals surface area contributed by atoms with E-state index in [0.717, 1.165) is 6.26 Å². The van der Waals surface area contributed by atoms with Crippen LogP contribution < -0.4 is 5.73 Å². The summed E-state index contributed by atoms with van der Waals surface area (Å²) in [7, 11) is -3.13. The fourth-order valence-corrected chi connectivity index (χ4v) is 1.35. The summed E-state index contributed by atoms with van der Waals surface area (Å²) in [4.78, 5) is 10.9. The second kappa shape index (κ2) is 7.45. The molecule has 0 fully saturated rings. The number of sulfone groups is 1. The Bertz CT molecular complexity index is 335. The van der Waals surface area contributed by atoms with Crippen molar-refractivity contribution in [2.75, 3.05) is 18.6 Å². The number of nitriles is 1. The van der Waals surface area contributed by atoms with Crippen LogP contribution >= 0.6 is 12.4 Å². The molecule has 0 aromatic carbocycles. The van der Waals surface area contributed by atoms with Gasteiger partial charge in [-0.05, 0) is 6.42 Å². The summed E-state index contributed by atoms with van der Waals surface area (Å²) >= 11 is 0. The van der Waals surface area contributed by atoms with Crippen molar-refractivity contribution >= 4 is 28.2 Å². The third-order valence-corrected chi connectivity index (χ3v) is 2.36. The normalized spacial score (nSPS) is 12.1. The highest BCUT2D eigenvalue weighted by Crippen LogP contribution is 1.96. The number of hydrogen-bond acceptors (Lipinski definition) is 6. The lowest BCUT2D eigenvalue weighted by Crippen LogP contribution is -2.34. The number of ether oxygens (including phenoxy) is 1. The van der Waals surface area contributed by atoms with E-state index in [4.69, 9.17) is 11.0 Å². The SMILES string of the molecule is CS(=O)(=O)CCC(N)C(=O)OCC#N.Cl. The number of hydrogen-bond donors (Lipinski definition) is 1. The van der Waals surface area contributed by atoms with E-state index >= 15 is 0 Å². The average Bonchev–Trinajstić information content (AvgIpc) is 2.09. The highest BCUT2D eigenvalue weighted by Gasteiger charge is 2.16. The molecule has 0 aliphatic heterocycles. The Kier molecular flexibility index (Phi) is 8.24. The maximum absolute atomic E-state index is 10.9. The van der Waals surface area contributed by atoms with Gasteiger partial charge < -0.3 is 10.5 Å². The Hall–Kier alpha value is -0.840. The molecule has 1 unspecified atom stereocenters. The molecule has 2 N–H and O–H groups in total. The molecule has 15 heavy (non-hydrogen) atoms. The number of carbonyl (C=O) groups is 1. The molecule has 0 aliphatic carbocycles. The molecule has 0 rings (SSSR count). The molecule has 6 nitrogen and oxygen atoms in total. The second-order valence-corrected chi connectivity index (χ2v) is 5.05. The highest BCUT2D eigenvalue weighted by molar-refractivity contribution is 7.90. The Morgan fingerprint density at radius 3 is 2.53 bits per heavy atom. The summed E-state index contributed by atoms with van der Waals surface area (Å²) in [6, 6.07) is 0.621. The van der Waals surface area contributed by atoms with Crippen LogP contribution in [0.5, 0.6) is 0 Å². The van der Waals surface area contributed by atoms with Crippen molar-refractivity contribution < 1.29 is 17.9 Å². The number of nitrogens with two attached hydrogens (primary N) is 1. The van der Waals surface area contributed by atoms with Crippen molar-refractivity contribution in [3.05, 3.63) is 0 Å². The monoisotopic (exact) mass is 256 g/mol. The fourth-order valence-electron chi connectivity index (χ4n) is 0.669. The average molecular weight is 257 g/mol. The molecule has 0 heterocycles. The number of esters is 1. The van der Waals surface area contributed by atoms with Crippen LogP contribution in [0, 0.1) is 11.3 Å². The molecule has 0 saturated carbocycles. The van der Waals surface area contributed by atoms with Gasteiger partial charge in [0.2, 0.25) is 0 Å². The predicted octanol–water partition coefficient (Wildman–Crippen LogP) is -0.763. The van der Waals surface area contributed by atoms with Gasteiger partial charge in [-0.15, -0.1) is 12.4 Å². The smallest absolute Gasteiger partial charge is 0.323 e.